The summed E-state index contributed by atoms with van der Waals surface area (Å²) >= 11 is 0. The highest BCUT2D eigenvalue weighted by Gasteiger charge is 2.16. The zero-order valence-electron chi connectivity index (χ0n) is 13.8. The Bertz CT molecular complexity index is 642. The number of benzene rings is 1. The highest BCUT2D eigenvalue weighted by Crippen LogP contribution is 2.17. The molecule has 0 bridgehead atoms. The van der Waals surface area contributed by atoms with Gasteiger partial charge in [-0.2, -0.15) is 5.10 Å². The maximum atomic E-state index is 12.5. The average molecular weight is 300 g/mol. The van der Waals surface area contributed by atoms with Crippen molar-refractivity contribution in [1.29, 1.82) is 0 Å². The van der Waals surface area contributed by atoms with Crippen molar-refractivity contribution < 1.29 is 9.53 Å². The van der Waals surface area contributed by atoms with E-state index in [0.717, 1.165) is 42.0 Å². The van der Waals surface area contributed by atoms with E-state index in [2.05, 4.69) is 12.0 Å². The lowest BCUT2D eigenvalue weighted by atomic mass is 10.1. The third-order valence-electron chi connectivity index (χ3n) is 3.97. The van der Waals surface area contributed by atoms with Gasteiger partial charge in [0.1, 0.15) is 5.75 Å². The molecule has 4 nitrogen and oxygen atoms in total. The third kappa shape index (κ3) is 3.56. The molecule has 0 aliphatic carbocycles. The summed E-state index contributed by atoms with van der Waals surface area (Å²) in [4.78, 5) is 12.5. The Hall–Kier alpha value is -2.10. The predicted octanol–water partition coefficient (Wildman–Crippen LogP) is 3.73. The van der Waals surface area contributed by atoms with Crippen molar-refractivity contribution >= 4 is 5.91 Å². The van der Waals surface area contributed by atoms with Crippen molar-refractivity contribution in [3.63, 3.8) is 0 Å². The van der Waals surface area contributed by atoms with Crippen LogP contribution in [0.1, 0.15) is 47.1 Å². The Labute approximate surface area is 132 Å². The fourth-order valence-corrected chi connectivity index (χ4v) is 2.63. The van der Waals surface area contributed by atoms with E-state index in [4.69, 9.17) is 4.74 Å². The topological polar surface area (TPSA) is 44.1 Å². The number of rotatable bonds is 6. The van der Waals surface area contributed by atoms with Crippen LogP contribution in [0.15, 0.2) is 24.3 Å². The first-order chi connectivity index (χ1) is 10.6. The van der Waals surface area contributed by atoms with Crippen molar-refractivity contribution in [1.82, 2.24) is 9.78 Å². The van der Waals surface area contributed by atoms with Crippen molar-refractivity contribution in [3.05, 3.63) is 46.8 Å². The summed E-state index contributed by atoms with van der Waals surface area (Å²) in [6.45, 7) is 6.13. The SMILES string of the molecule is CCCCc1c(C)nn(C(=O)Cc2ccc(OC)cc2)c1C. The minimum atomic E-state index is 0.00788. The largest absolute Gasteiger partial charge is 0.497 e. The molecule has 0 N–H and O–H groups in total. The van der Waals surface area contributed by atoms with Gasteiger partial charge in [0, 0.05) is 5.69 Å². The molecule has 0 amide bonds. The van der Waals surface area contributed by atoms with E-state index < -0.39 is 0 Å². The Morgan fingerprint density at radius 1 is 1.23 bits per heavy atom. The van der Waals surface area contributed by atoms with Crippen LogP contribution < -0.4 is 4.74 Å². The Morgan fingerprint density at radius 2 is 1.91 bits per heavy atom. The molecule has 1 aromatic carbocycles. The lowest BCUT2D eigenvalue weighted by Gasteiger charge is -2.05. The summed E-state index contributed by atoms with van der Waals surface area (Å²) in [5.74, 6) is 0.803. The molecule has 22 heavy (non-hydrogen) atoms. The lowest BCUT2D eigenvalue weighted by Crippen LogP contribution is -2.16. The standard InChI is InChI=1S/C18H24N2O2/c1-5-6-7-17-13(2)19-20(14(17)3)18(21)12-15-8-10-16(22-4)11-9-15/h8-11H,5-7,12H2,1-4H3. The molecule has 0 saturated carbocycles. The lowest BCUT2D eigenvalue weighted by molar-refractivity contribution is 0.0895. The van der Waals surface area contributed by atoms with Gasteiger partial charge in [0.05, 0.1) is 19.2 Å². The van der Waals surface area contributed by atoms with Crippen LogP contribution in [-0.2, 0) is 12.8 Å². The van der Waals surface area contributed by atoms with Crippen molar-refractivity contribution in [2.45, 2.75) is 46.5 Å². The van der Waals surface area contributed by atoms with Gasteiger partial charge in [0.25, 0.3) is 5.91 Å². The van der Waals surface area contributed by atoms with Crippen LogP contribution in [0.3, 0.4) is 0 Å². The Balaban J connectivity index is 2.15. The predicted molar refractivity (Wildman–Crippen MR) is 87.6 cm³/mol. The molecule has 1 heterocycles. The van der Waals surface area contributed by atoms with E-state index in [9.17, 15) is 4.79 Å². The molecule has 0 aliphatic heterocycles. The molecule has 2 rings (SSSR count). The third-order valence-corrected chi connectivity index (χ3v) is 3.97. The normalized spacial score (nSPS) is 10.7. The summed E-state index contributed by atoms with van der Waals surface area (Å²) in [6, 6.07) is 7.58. The van der Waals surface area contributed by atoms with Gasteiger partial charge in [-0.25, -0.2) is 4.68 Å². The smallest absolute Gasteiger partial charge is 0.251 e. The number of unbranched alkanes of at least 4 members (excludes halogenated alkanes) is 1. The van der Waals surface area contributed by atoms with Gasteiger partial charge in [-0.3, -0.25) is 4.79 Å². The summed E-state index contributed by atoms with van der Waals surface area (Å²) < 4.78 is 6.69. The molecular weight excluding hydrogens is 276 g/mol. The van der Waals surface area contributed by atoms with Crippen LogP contribution in [0.2, 0.25) is 0 Å². The monoisotopic (exact) mass is 300 g/mol. The van der Waals surface area contributed by atoms with E-state index in [1.54, 1.807) is 11.8 Å². The van der Waals surface area contributed by atoms with Crippen LogP contribution in [0.4, 0.5) is 0 Å². The van der Waals surface area contributed by atoms with Crippen LogP contribution in [-0.4, -0.2) is 22.8 Å². The zero-order chi connectivity index (χ0) is 16.1. The van der Waals surface area contributed by atoms with E-state index in [1.165, 1.54) is 5.56 Å². The molecule has 118 valence electrons. The maximum Gasteiger partial charge on any atom is 0.251 e. The molecule has 0 saturated heterocycles. The second kappa shape index (κ2) is 7.25. The Kier molecular flexibility index (Phi) is 5.36. The highest BCUT2D eigenvalue weighted by atomic mass is 16.5. The minimum absolute atomic E-state index is 0.00788. The fourth-order valence-electron chi connectivity index (χ4n) is 2.63. The quantitative estimate of drug-likeness (QED) is 0.816. The number of hydrogen-bond donors (Lipinski definition) is 0. The minimum Gasteiger partial charge on any atom is -0.497 e. The summed E-state index contributed by atoms with van der Waals surface area (Å²) in [5.41, 5.74) is 4.12. The molecule has 4 heteroatoms. The first-order valence-corrected chi connectivity index (χ1v) is 7.78. The molecule has 0 spiro atoms. The van der Waals surface area contributed by atoms with Gasteiger partial charge in [-0.15, -0.1) is 0 Å². The number of nitrogens with zero attached hydrogens (tertiary/aromatic N) is 2. The van der Waals surface area contributed by atoms with E-state index >= 15 is 0 Å². The second-order valence-corrected chi connectivity index (χ2v) is 5.58. The zero-order valence-corrected chi connectivity index (χ0v) is 13.8. The maximum absolute atomic E-state index is 12.5. The van der Waals surface area contributed by atoms with Gasteiger partial charge in [0.2, 0.25) is 0 Å². The fraction of sp³-hybridized carbons (Fsp3) is 0.444. The number of aromatic nitrogens is 2. The van der Waals surface area contributed by atoms with Crippen molar-refractivity contribution in [2.24, 2.45) is 0 Å². The molecule has 0 unspecified atom stereocenters. The molecule has 0 atom stereocenters. The number of carbonyl (C=O) groups is 1. The van der Waals surface area contributed by atoms with Gasteiger partial charge in [0.15, 0.2) is 0 Å². The van der Waals surface area contributed by atoms with Gasteiger partial charge < -0.3 is 4.74 Å². The van der Waals surface area contributed by atoms with Gasteiger partial charge >= 0.3 is 0 Å². The van der Waals surface area contributed by atoms with Crippen LogP contribution >= 0.6 is 0 Å². The van der Waals surface area contributed by atoms with Gasteiger partial charge in [-0.05, 0) is 49.9 Å². The van der Waals surface area contributed by atoms with Crippen molar-refractivity contribution in [3.8, 4) is 5.75 Å². The number of aryl methyl sites for hydroxylation is 1. The molecule has 1 aromatic heterocycles. The molecule has 0 radical (unpaired) electrons. The van der Waals surface area contributed by atoms with Crippen molar-refractivity contribution in [2.75, 3.05) is 7.11 Å². The summed E-state index contributed by atoms with van der Waals surface area (Å²) in [5, 5.41) is 4.44. The number of carbonyl (C=O) groups excluding carboxylic acids is 1. The number of methoxy groups -OCH3 is 1. The molecule has 2 aromatic rings. The second-order valence-electron chi connectivity index (χ2n) is 5.58. The molecule has 0 aliphatic rings. The molecular formula is C18H24N2O2. The summed E-state index contributed by atoms with van der Waals surface area (Å²) in [6.07, 6.45) is 3.60. The van der Waals surface area contributed by atoms with Gasteiger partial charge in [-0.1, -0.05) is 25.5 Å². The molecule has 0 fully saturated rings. The van der Waals surface area contributed by atoms with E-state index in [-0.39, 0.29) is 5.91 Å². The van der Waals surface area contributed by atoms with E-state index in [1.807, 2.05) is 38.1 Å². The average Bonchev–Trinajstić information content (AvgIpc) is 2.81. The highest BCUT2D eigenvalue weighted by molar-refractivity contribution is 5.81. The van der Waals surface area contributed by atoms with Crippen LogP contribution in [0, 0.1) is 13.8 Å². The number of ether oxygens (including phenoxy) is 1. The first-order valence-electron chi connectivity index (χ1n) is 7.78. The number of hydrogen-bond acceptors (Lipinski definition) is 3. The van der Waals surface area contributed by atoms with Crippen LogP contribution in [0.25, 0.3) is 0 Å². The first kappa shape index (κ1) is 16.3. The van der Waals surface area contributed by atoms with Crippen LogP contribution in [0.5, 0.6) is 5.75 Å². The summed E-state index contributed by atoms with van der Waals surface area (Å²) in [7, 11) is 1.63. The van der Waals surface area contributed by atoms with E-state index in [0.29, 0.717) is 6.42 Å². The Morgan fingerprint density at radius 3 is 2.50 bits per heavy atom.